The second-order valence-electron chi connectivity index (χ2n) is 6.67. The van der Waals surface area contributed by atoms with Gasteiger partial charge in [0.1, 0.15) is 11.7 Å². The third kappa shape index (κ3) is 3.45. The fourth-order valence-corrected chi connectivity index (χ4v) is 3.55. The second kappa shape index (κ2) is 7.34. The molecule has 0 radical (unpaired) electrons. The Morgan fingerprint density at radius 3 is 2.63 bits per heavy atom. The van der Waals surface area contributed by atoms with Crippen molar-refractivity contribution >= 4 is 40.3 Å². The predicted octanol–water partition coefficient (Wildman–Crippen LogP) is 2.05. The van der Waals surface area contributed by atoms with Gasteiger partial charge in [0, 0.05) is 37.6 Å². The van der Waals surface area contributed by atoms with E-state index in [4.69, 9.17) is 21.4 Å². The van der Waals surface area contributed by atoms with Crippen molar-refractivity contribution in [2.24, 2.45) is 0 Å². The van der Waals surface area contributed by atoms with Crippen LogP contribution in [0.15, 0.2) is 36.5 Å². The van der Waals surface area contributed by atoms with E-state index in [1.807, 2.05) is 29.2 Å². The van der Waals surface area contributed by atoms with E-state index in [1.54, 1.807) is 24.2 Å². The van der Waals surface area contributed by atoms with Crippen LogP contribution in [0.5, 0.6) is 0 Å². The van der Waals surface area contributed by atoms with Crippen LogP contribution in [0.2, 0.25) is 5.15 Å². The minimum absolute atomic E-state index is 0.00214. The maximum atomic E-state index is 12.4. The largest absolute Gasteiger partial charge is 0.394 e. The molecule has 2 aromatic rings. The van der Waals surface area contributed by atoms with Crippen molar-refractivity contribution in [1.29, 1.82) is 0 Å². The molecule has 1 N–H and O–H groups in total. The highest BCUT2D eigenvalue weighted by molar-refractivity contribution is 6.30. The molecule has 8 heteroatoms. The number of fused-ring (bicyclic) bond motifs is 1. The molecular formula is C19H21ClN4O3. The van der Waals surface area contributed by atoms with Crippen LogP contribution in [-0.4, -0.2) is 62.0 Å². The molecule has 7 nitrogen and oxygen atoms in total. The van der Waals surface area contributed by atoms with Gasteiger partial charge in [-0.2, -0.15) is 0 Å². The van der Waals surface area contributed by atoms with Crippen molar-refractivity contribution < 1.29 is 14.6 Å². The number of hydrogen-bond acceptors (Lipinski definition) is 6. The van der Waals surface area contributed by atoms with Gasteiger partial charge in [0.25, 0.3) is 0 Å². The number of ether oxygens (including phenoxy) is 1. The first-order chi connectivity index (χ1) is 13.1. The molecule has 2 aliphatic rings. The topological polar surface area (TPSA) is 69.1 Å². The molecule has 1 aromatic heterocycles. The molecule has 0 saturated carbocycles. The molecule has 4 rings (SSSR count). The maximum Gasteiger partial charge on any atom is 0.246 e. The molecule has 1 amide bonds. The average molecular weight is 389 g/mol. The number of rotatable bonds is 5. The fraction of sp³-hybridized carbons (Fsp3) is 0.368. The quantitative estimate of drug-likeness (QED) is 0.790. The van der Waals surface area contributed by atoms with E-state index >= 15 is 0 Å². The van der Waals surface area contributed by atoms with Crippen LogP contribution in [0.1, 0.15) is 0 Å². The number of anilines is 4. The zero-order chi connectivity index (χ0) is 19.0. The first-order valence-corrected chi connectivity index (χ1v) is 9.21. The third-order valence-corrected chi connectivity index (χ3v) is 5.17. The lowest BCUT2D eigenvalue weighted by atomic mass is 10.1. The number of amides is 1. The highest BCUT2D eigenvalue weighted by atomic mass is 35.5. The summed E-state index contributed by atoms with van der Waals surface area (Å²) >= 11 is 6.08. The lowest BCUT2D eigenvalue weighted by molar-refractivity contribution is -0.117. The van der Waals surface area contributed by atoms with Gasteiger partial charge in [-0.25, -0.2) is 4.98 Å². The number of aliphatic hydroxyl groups is 1. The Hall–Kier alpha value is -2.35. The second-order valence-corrected chi connectivity index (χ2v) is 7.06. The molecule has 1 saturated heterocycles. The summed E-state index contributed by atoms with van der Waals surface area (Å²) in [6.07, 6.45) is 1.80. The Labute approximate surface area is 162 Å². The molecule has 0 unspecified atom stereocenters. The molecule has 0 bridgehead atoms. The number of carbonyl (C=O) groups excluding carboxylic acids is 1. The number of carbonyl (C=O) groups is 1. The number of aromatic nitrogens is 1. The molecule has 0 spiro atoms. The summed E-state index contributed by atoms with van der Waals surface area (Å²) in [5.41, 5.74) is 3.64. The van der Waals surface area contributed by atoms with Crippen LogP contribution < -0.4 is 14.7 Å². The Morgan fingerprint density at radius 1 is 1.22 bits per heavy atom. The van der Waals surface area contributed by atoms with Gasteiger partial charge in [-0.3, -0.25) is 4.79 Å². The van der Waals surface area contributed by atoms with Crippen molar-refractivity contribution in [1.82, 2.24) is 4.98 Å². The zero-order valence-corrected chi connectivity index (χ0v) is 15.8. The van der Waals surface area contributed by atoms with Crippen molar-refractivity contribution in [3.05, 3.63) is 41.7 Å². The Kier molecular flexibility index (Phi) is 4.90. The normalized spacial score (nSPS) is 17.1. The van der Waals surface area contributed by atoms with Gasteiger partial charge in [-0.1, -0.05) is 11.6 Å². The predicted molar refractivity (Wildman–Crippen MR) is 105 cm³/mol. The number of halogens is 1. The van der Waals surface area contributed by atoms with E-state index in [0.717, 1.165) is 35.8 Å². The minimum Gasteiger partial charge on any atom is -0.394 e. The third-order valence-electron chi connectivity index (χ3n) is 4.97. The number of aliphatic hydroxyl groups excluding tert-OH is 1. The molecule has 1 aromatic carbocycles. The number of nitrogens with zero attached hydrogens (tertiary/aromatic N) is 4. The fourth-order valence-electron chi connectivity index (χ4n) is 3.40. The first-order valence-electron chi connectivity index (χ1n) is 8.84. The van der Waals surface area contributed by atoms with Gasteiger partial charge in [0.2, 0.25) is 5.91 Å². The Bertz CT molecular complexity index is 839. The number of hydrogen-bond donors (Lipinski definition) is 1. The summed E-state index contributed by atoms with van der Waals surface area (Å²) in [6, 6.07) is 9.89. The van der Waals surface area contributed by atoms with E-state index in [0.29, 0.717) is 11.8 Å². The number of benzene rings is 1. The standard InChI is InChI=1S/C19H21ClN4O3/c1-22-17-9-21-18(20)8-16(17)24(12-19(22)26)14-4-2-13(3-5-14)23-10-15(11-23)27-7-6-25/h2-5,8-9,15,25H,6-7,10-12H2,1H3. The smallest absolute Gasteiger partial charge is 0.246 e. The van der Waals surface area contributed by atoms with Gasteiger partial charge < -0.3 is 24.5 Å². The average Bonchev–Trinajstić information content (AvgIpc) is 2.64. The van der Waals surface area contributed by atoms with Crippen molar-refractivity contribution in [3.8, 4) is 0 Å². The molecule has 142 valence electrons. The Morgan fingerprint density at radius 2 is 1.93 bits per heavy atom. The first kappa shape index (κ1) is 18.0. The zero-order valence-electron chi connectivity index (χ0n) is 15.0. The van der Waals surface area contributed by atoms with E-state index in [1.165, 1.54) is 0 Å². The summed E-state index contributed by atoms with van der Waals surface area (Å²) < 4.78 is 5.51. The summed E-state index contributed by atoms with van der Waals surface area (Å²) in [4.78, 5) is 22.2. The molecular weight excluding hydrogens is 368 g/mol. The highest BCUT2D eigenvalue weighted by Gasteiger charge is 2.30. The molecule has 1 fully saturated rings. The van der Waals surface area contributed by atoms with Crippen molar-refractivity contribution in [2.75, 3.05) is 54.6 Å². The van der Waals surface area contributed by atoms with Gasteiger partial charge in [-0.05, 0) is 24.3 Å². The van der Waals surface area contributed by atoms with E-state index in [-0.39, 0.29) is 25.2 Å². The van der Waals surface area contributed by atoms with Crippen LogP contribution in [0.3, 0.4) is 0 Å². The van der Waals surface area contributed by atoms with Crippen LogP contribution in [0.4, 0.5) is 22.7 Å². The van der Waals surface area contributed by atoms with E-state index < -0.39 is 0 Å². The van der Waals surface area contributed by atoms with Crippen LogP contribution in [-0.2, 0) is 9.53 Å². The van der Waals surface area contributed by atoms with Gasteiger partial charge in [0.15, 0.2) is 0 Å². The number of pyridine rings is 1. The van der Waals surface area contributed by atoms with E-state index in [9.17, 15) is 4.79 Å². The summed E-state index contributed by atoms with van der Waals surface area (Å²) in [6.45, 7) is 2.32. The lowest BCUT2D eigenvalue weighted by Crippen LogP contribution is -2.52. The van der Waals surface area contributed by atoms with Crippen molar-refractivity contribution in [3.63, 3.8) is 0 Å². The Balaban J connectivity index is 1.52. The molecule has 0 aliphatic carbocycles. The van der Waals surface area contributed by atoms with Gasteiger partial charge in [-0.15, -0.1) is 0 Å². The molecule has 0 atom stereocenters. The summed E-state index contributed by atoms with van der Waals surface area (Å²) in [7, 11) is 1.75. The SMILES string of the molecule is CN1C(=O)CN(c2ccc(N3CC(OCCO)C3)cc2)c2cc(Cl)ncc21. The number of likely N-dealkylation sites (N-methyl/N-ethyl adjacent to an activating group) is 1. The monoisotopic (exact) mass is 388 g/mol. The summed E-state index contributed by atoms with van der Waals surface area (Å²) in [5, 5.41) is 9.21. The minimum atomic E-state index is 0.00214. The van der Waals surface area contributed by atoms with Crippen LogP contribution >= 0.6 is 11.6 Å². The molecule has 27 heavy (non-hydrogen) atoms. The highest BCUT2D eigenvalue weighted by Crippen LogP contribution is 2.38. The van der Waals surface area contributed by atoms with Gasteiger partial charge >= 0.3 is 0 Å². The van der Waals surface area contributed by atoms with E-state index in [2.05, 4.69) is 9.88 Å². The molecule has 3 heterocycles. The summed E-state index contributed by atoms with van der Waals surface area (Å²) in [5.74, 6) is 0.00214. The molecule has 2 aliphatic heterocycles. The van der Waals surface area contributed by atoms with Crippen molar-refractivity contribution in [2.45, 2.75) is 6.10 Å². The van der Waals surface area contributed by atoms with Crippen LogP contribution in [0, 0.1) is 0 Å². The van der Waals surface area contributed by atoms with Gasteiger partial charge in [0.05, 0.1) is 36.9 Å². The van der Waals surface area contributed by atoms with Crippen LogP contribution in [0.25, 0.3) is 0 Å². The lowest BCUT2D eigenvalue weighted by Gasteiger charge is -2.41. The maximum absolute atomic E-state index is 12.4.